The zero-order valence-electron chi connectivity index (χ0n) is 12.2. The number of aromatic nitrogens is 2. The number of nitrogens with zero attached hydrogens (tertiary/aromatic N) is 1. The Morgan fingerprint density at radius 2 is 2.00 bits per heavy atom. The molecule has 0 spiro atoms. The second-order valence-corrected chi connectivity index (χ2v) is 5.42. The lowest BCUT2D eigenvalue weighted by Gasteiger charge is -2.11. The molecule has 0 unspecified atom stereocenters. The lowest BCUT2D eigenvalue weighted by Crippen LogP contribution is -2.24. The van der Waals surface area contributed by atoms with Gasteiger partial charge in [0.2, 0.25) is 5.78 Å². The van der Waals surface area contributed by atoms with Crippen molar-refractivity contribution in [1.29, 1.82) is 0 Å². The molecule has 3 rings (SSSR count). The molecule has 1 atom stereocenters. The Kier molecular flexibility index (Phi) is 4.12. The number of ether oxygens (including phenoxy) is 1. The molecule has 0 saturated heterocycles. The second-order valence-electron chi connectivity index (χ2n) is 5.03. The van der Waals surface area contributed by atoms with E-state index < -0.39 is 12.1 Å². The number of Topliss-reactive ketones (excluding diaryl/α,β-unsaturated/α-hetero) is 1. The Hall–Kier alpha value is -2.66. The number of aromatic amines is 1. The molecule has 116 valence electrons. The smallest absolute Gasteiger partial charge is 0.340 e. The van der Waals surface area contributed by atoms with E-state index in [1.54, 1.807) is 13.1 Å². The van der Waals surface area contributed by atoms with E-state index in [1.807, 2.05) is 24.3 Å². The van der Waals surface area contributed by atoms with E-state index in [9.17, 15) is 9.59 Å². The van der Waals surface area contributed by atoms with Gasteiger partial charge in [0.05, 0.1) is 5.56 Å². The highest BCUT2D eigenvalue weighted by molar-refractivity contribution is 6.29. The van der Waals surface area contributed by atoms with Crippen molar-refractivity contribution in [3.63, 3.8) is 0 Å². The van der Waals surface area contributed by atoms with E-state index in [2.05, 4.69) is 9.97 Å². The number of esters is 1. The number of hydrogen-bond acceptors (Lipinski definition) is 4. The van der Waals surface area contributed by atoms with E-state index in [-0.39, 0.29) is 16.5 Å². The summed E-state index contributed by atoms with van der Waals surface area (Å²) in [5, 5.41) is 1.08. The number of carbonyl (C=O) groups excluding carboxylic acids is 2. The predicted molar refractivity (Wildman–Crippen MR) is 86.8 cm³/mol. The van der Waals surface area contributed by atoms with Gasteiger partial charge >= 0.3 is 5.97 Å². The quantitative estimate of drug-likeness (QED) is 0.451. The van der Waals surface area contributed by atoms with Crippen LogP contribution in [0.25, 0.3) is 10.9 Å². The Balaban J connectivity index is 1.77. The predicted octanol–water partition coefficient (Wildman–Crippen LogP) is 3.64. The topological polar surface area (TPSA) is 72.0 Å². The summed E-state index contributed by atoms with van der Waals surface area (Å²) in [6.07, 6.45) is 2.03. The molecule has 0 aliphatic rings. The Morgan fingerprint density at radius 1 is 1.22 bits per heavy atom. The van der Waals surface area contributed by atoms with E-state index in [0.29, 0.717) is 5.56 Å². The van der Waals surface area contributed by atoms with Gasteiger partial charge in [0.25, 0.3) is 0 Å². The molecule has 1 N–H and O–H groups in total. The molecule has 2 heterocycles. The second kappa shape index (κ2) is 6.22. The number of ketones is 1. The summed E-state index contributed by atoms with van der Waals surface area (Å²) in [5.41, 5.74) is 1.60. The molecule has 23 heavy (non-hydrogen) atoms. The van der Waals surface area contributed by atoms with Gasteiger partial charge in [-0.1, -0.05) is 29.8 Å². The van der Waals surface area contributed by atoms with Crippen LogP contribution in [0.1, 0.15) is 27.6 Å². The first-order valence-electron chi connectivity index (χ1n) is 6.99. The molecule has 0 aliphatic heterocycles. The van der Waals surface area contributed by atoms with E-state index in [4.69, 9.17) is 16.3 Å². The van der Waals surface area contributed by atoms with Crippen molar-refractivity contribution in [3.8, 4) is 0 Å². The third-order valence-electron chi connectivity index (χ3n) is 3.47. The molecule has 0 amide bonds. The van der Waals surface area contributed by atoms with Crippen LogP contribution in [0, 0.1) is 0 Å². The average Bonchev–Trinajstić information content (AvgIpc) is 2.98. The van der Waals surface area contributed by atoms with Crippen LogP contribution in [0.3, 0.4) is 0 Å². The van der Waals surface area contributed by atoms with E-state index in [1.165, 1.54) is 18.3 Å². The van der Waals surface area contributed by atoms with Crippen LogP contribution in [0.5, 0.6) is 0 Å². The summed E-state index contributed by atoms with van der Waals surface area (Å²) in [6.45, 7) is 1.55. The van der Waals surface area contributed by atoms with Gasteiger partial charge in [0.1, 0.15) is 5.15 Å². The summed E-state index contributed by atoms with van der Waals surface area (Å²) in [7, 11) is 0. The summed E-state index contributed by atoms with van der Waals surface area (Å²) in [6, 6.07) is 10.4. The Bertz CT molecular complexity index is 871. The summed E-state index contributed by atoms with van der Waals surface area (Å²) in [4.78, 5) is 31.4. The van der Waals surface area contributed by atoms with Crippen LogP contribution in [0.2, 0.25) is 5.15 Å². The summed E-state index contributed by atoms with van der Waals surface area (Å²) in [5.74, 6) is -0.882. The van der Waals surface area contributed by atoms with Gasteiger partial charge in [-0.15, -0.1) is 0 Å². The maximum atomic E-state index is 12.5. The van der Waals surface area contributed by atoms with Crippen molar-refractivity contribution in [2.24, 2.45) is 0 Å². The lowest BCUT2D eigenvalue weighted by atomic mass is 10.1. The molecule has 0 bridgehead atoms. The van der Waals surface area contributed by atoms with Gasteiger partial charge in [0, 0.05) is 28.9 Å². The number of nitrogens with one attached hydrogen (secondary N) is 1. The van der Waals surface area contributed by atoms with Crippen molar-refractivity contribution in [2.45, 2.75) is 13.0 Å². The van der Waals surface area contributed by atoms with Crippen LogP contribution in [-0.2, 0) is 4.74 Å². The van der Waals surface area contributed by atoms with Crippen LogP contribution in [-0.4, -0.2) is 27.8 Å². The highest BCUT2D eigenvalue weighted by Gasteiger charge is 2.22. The van der Waals surface area contributed by atoms with Crippen molar-refractivity contribution >= 4 is 34.3 Å². The first kappa shape index (κ1) is 15.2. The molecular formula is C17H13ClN2O3. The molecule has 5 nitrogen and oxygen atoms in total. The Morgan fingerprint density at radius 3 is 2.74 bits per heavy atom. The third-order valence-corrected chi connectivity index (χ3v) is 3.69. The number of para-hydroxylation sites is 1. The van der Waals surface area contributed by atoms with Crippen molar-refractivity contribution < 1.29 is 14.3 Å². The number of H-pyrrole nitrogens is 1. The molecule has 6 heteroatoms. The largest absolute Gasteiger partial charge is 0.451 e. The average molecular weight is 329 g/mol. The molecule has 0 saturated carbocycles. The highest BCUT2D eigenvalue weighted by Crippen LogP contribution is 2.20. The van der Waals surface area contributed by atoms with Crippen molar-refractivity contribution in [3.05, 3.63) is 65.1 Å². The van der Waals surface area contributed by atoms with Crippen LogP contribution >= 0.6 is 11.6 Å². The number of halogens is 1. The number of benzene rings is 1. The minimum atomic E-state index is -0.905. The molecule has 0 fully saturated rings. The van der Waals surface area contributed by atoms with Gasteiger partial charge in [-0.3, -0.25) is 4.79 Å². The molecule has 0 aliphatic carbocycles. The zero-order valence-corrected chi connectivity index (χ0v) is 13.0. The molecular weight excluding hydrogens is 316 g/mol. The Labute approximate surface area is 137 Å². The third kappa shape index (κ3) is 3.10. The maximum absolute atomic E-state index is 12.5. The zero-order chi connectivity index (χ0) is 16.4. The molecule has 2 aromatic heterocycles. The minimum absolute atomic E-state index is 0.243. The molecule has 0 radical (unpaired) electrons. The van der Waals surface area contributed by atoms with E-state index in [0.717, 1.165) is 10.9 Å². The number of hydrogen-bond donors (Lipinski definition) is 1. The van der Waals surface area contributed by atoms with Crippen LogP contribution < -0.4 is 0 Å². The first-order valence-corrected chi connectivity index (χ1v) is 7.37. The SMILES string of the molecule is C[C@H](OC(=O)c1ccc(Cl)nc1)C(=O)c1c[nH]c2ccccc12. The number of fused-ring (bicyclic) bond motifs is 1. The van der Waals surface area contributed by atoms with Crippen molar-refractivity contribution in [2.75, 3.05) is 0 Å². The van der Waals surface area contributed by atoms with Crippen LogP contribution in [0.15, 0.2) is 48.8 Å². The van der Waals surface area contributed by atoms with E-state index >= 15 is 0 Å². The first-order chi connectivity index (χ1) is 11.1. The molecule has 3 aromatic rings. The summed E-state index contributed by atoms with van der Waals surface area (Å²) < 4.78 is 5.23. The number of rotatable bonds is 4. The van der Waals surface area contributed by atoms with Gasteiger partial charge in [-0.2, -0.15) is 0 Å². The standard InChI is InChI=1S/C17H13ClN2O3/c1-10(23-17(22)11-6-7-15(18)20-8-11)16(21)13-9-19-14-5-3-2-4-12(13)14/h2-10,19H,1H3/t10-/m0/s1. The number of carbonyl (C=O) groups is 2. The normalized spacial score (nSPS) is 12.1. The van der Waals surface area contributed by atoms with Gasteiger partial charge < -0.3 is 9.72 Å². The minimum Gasteiger partial charge on any atom is -0.451 e. The highest BCUT2D eigenvalue weighted by atomic mass is 35.5. The van der Waals surface area contributed by atoms with Crippen LogP contribution in [0.4, 0.5) is 0 Å². The maximum Gasteiger partial charge on any atom is 0.340 e. The van der Waals surface area contributed by atoms with Gasteiger partial charge in [-0.25, -0.2) is 9.78 Å². The summed E-state index contributed by atoms with van der Waals surface area (Å²) >= 11 is 5.67. The monoisotopic (exact) mass is 328 g/mol. The fraction of sp³-hybridized carbons (Fsp3) is 0.118. The van der Waals surface area contributed by atoms with Crippen molar-refractivity contribution in [1.82, 2.24) is 9.97 Å². The lowest BCUT2D eigenvalue weighted by molar-refractivity contribution is 0.0319. The fourth-order valence-electron chi connectivity index (χ4n) is 2.27. The molecule has 1 aromatic carbocycles. The van der Waals surface area contributed by atoms with Gasteiger partial charge in [0.15, 0.2) is 6.10 Å². The number of pyridine rings is 1. The van der Waals surface area contributed by atoms with Gasteiger partial charge in [-0.05, 0) is 25.1 Å². The fourth-order valence-corrected chi connectivity index (χ4v) is 2.38.